The Morgan fingerprint density at radius 1 is 1.26 bits per heavy atom. The zero-order chi connectivity index (χ0) is 16.1. The first-order valence-corrected chi connectivity index (χ1v) is 8.93. The lowest BCUT2D eigenvalue weighted by molar-refractivity contribution is 0.0467. The van der Waals surface area contributed by atoms with E-state index in [1.165, 1.54) is 38.7 Å². The van der Waals surface area contributed by atoms with Crippen LogP contribution in [0.15, 0.2) is 6.33 Å². The molecule has 1 aromatic heterocycles. The molecule has 2 aliphatic rings. The molecular weight excluding hydrogens is 314 g/mol. The van der Waals surface area contributed by atoms with E-state index < -0.39 is 0 Å². The second-order valence-electron chi connectivity index (χ2n) is 6.24. The first-order valence-electron chi connectivity index (χ1n) is 8.55. The molecule has 0 radical (unpaired) electrons. The lowest BCUT2D eigenvalue weighted by Gasteiger charge is -2.26. The molecule has 1 atom stereocenters. The lowest BCUT2D eigenvalue weighted by atomic mass is 10.1. The molecule has 3 rings (SSSR count). The summed E-state index contributed by atoms with van der Waals surface area (Å²) in [5.41, 5.74) is 0.795. The fourth-order valence-electron chi connectivity index (χ4n) is 3.40. The second kappa shape index (κ2) is 8.13. The molecule has 128 valence electrons. The van der Waals surface area contributed by atoms with Crippen molar-refractivity contribution in [3.05, 3.63) is 11.5 Å². The van der Waals surface area contributed by atoms with Gasteiger partial charge in [-0.05, 0) is 32.4 Å². The zero-order valence-corrected chi connectivity index (χ0v) is 14.6. The molecule has 23 heavy (non-hydrogen) atoms. The maximum absolute atomic E-state index is 6.14. The number of hydrogen-bond acceptors (Lipinski definition) is 6. The summed E-state index contributed by atoms with van der Waals surface area (Å²) in [4.78, 5) is 13.2. The van der Waals surface area contributed by atoms with Crippen LogP contribution in [0.1, 0.15) is 25.7 Å². The predicted octanol–water partition coefficient (Wildman–Crippen LogP) is 2.25. The van der Waals surface area contributed by atoms with Crippen LogP contribution in [0.25, 0.3) is 0 Å². The molecule has 0 saturated carbocycles. The van der Waals surface area contributed by atoms with Crippen molar-refractivity contribution >= 4 is 23.1 Å². The van der Waals surface area contributed by atoms with Crippen molar-refractivity contribution in [3.63, 3.8) is 0 Å². The Morgan fingerprint density at radius 3 is 2.87 bits per heavy atom. The van der Waals surface area contributed by atoms with Gasteiger partial charge < -0.3 is 19.9 Å². The number of aromatic nitrogens is 2. The average Bonchev–Trinajstić information content (AvgIpc) is 3.04. The van der Waals surface area contributed by atoms with Gasteiger partial charge in [0.2, 0.25) is 0 Å². The molecule has 0 aliphatic carbocycles. The Kier molecular flexibility index (Phi) is 5.91. The van der Waals surface area contributed by atoms with Crippen LogP contribution >= 0.6 is 11.6 Å². The molecule has 6 nitrogen and oxygen atoms in total. The van der Waals surface area contributed by atoms with Crippen molar-refractivity contribution in [1.82, 2.24) is 14.9 Å². The second-order valence-corrected chi connectivity index (χ2v) is 6.60. The smallest absolute Gasteiger partial charge is 0.157 e. The maximum Gasteiger partial charge on any atom is 0.157 e. The highest BCUT2D eigenvalue weighted by Crippen LogP contribution is 2.31. The van der Waals surface area contributed by atoms with Crippen LogP contribution in [-0.4, -0.2) is 67.4 Å². The number of nitrogens with zero attached hydrogens (tertiary/aromatic N) is 4. The van der Waals surface area contributed by atoms with E-state index in [1.807, 2.05) is 7.05 Å². The van der Waals surface area contributed by atoms with Gasteiger partial charge in [0.25, 0.3) is 0 Å². The number of anilines is 2. The molecular formula is C16H26ClN5O. The Labute approximate surface area is 143 Å². The summed E-state index contributed by atoms with van der Waals surface area (Å²) in [6, 6.07) is 0. The fourth-order valence-corrected chi connectivity index (χ4v) is 3.62. The first-order chi connectivity index (χ1) is 11.3. The van der Waals surface area contributed by atoms with Crippen molar-refractivity contribution in [2.45, 2.75) is 31.8 Å². The molecule has 0 aromatic carbocycles. The van der Waals surface area contributed by atoms with Gasteiger partial charge in [-0.3, -0.25) is 0 Å². The number of ether oxygens (including phenoxy) is 1. The van der Waals surface area contributed by atoms with Crippen LogP contribution in [-0.2, 0) is 4.74 Å². The summed E-state index contributed by atoms with van der Waals surface area (Å²) in [5.74, 6) is 0.870. The molecule has 1 unspecified atom stereocenters. The van der Waals surface area contributed by atoms with E-state index in [0.717, 1.165) is 44.2 Å². The van der Waals surface area contributed by atoms with Crippen LogP contribution in [0.2, 0.25) is 5.15 Å². The predicted molar refractivity (Wildman–Crippen MR) is 93.4 cm³/mol. The number of nitrogens with one attached hydrogen (secondary N) is 1. The van der Waals surface area contributed by atoms with Crippen molar-refractivity contribution in [2.24, 2.45) is 0 Å². The minimum absolute atomic E-state index is 0.276. The largest absolute Gasteiger partial charge is 0.383 e. The third kappa shape index (κ3) is 4.25. The molecule has 2 fully saturated rings. The van der Waals surface area contributed by atoms with E-state index in [2.05, 4.69) is 25.1 Å². The minimum Gasteiger partial charge on any atom is -0.383 e. The quantitative estimate of drug-likeness (QED) is 0.802. The van der Waals surface area contributed by atoms with Gasteiger partial charge in [-0.15, -0.1) is 0 Å². The molecule has 1 N–H and O–H groups in total. The molecule has 2 saturated heterocycles. The third-order valence-corrected chi connectivity index (χ3v) is 4.97. The molecule has 2 aliphatic heterocycles. The molecule has 1 aromatic rings. The van der Waals surface area contributed by atoms with Crippen LogP contribution < -0.4 is 10.2 Å². The molecule has 0 spiro atoms. The van der Waals surface area contributed by atoms with Gasteiger partial charge in [0.1, 0.15) is 12.0 Å². The lowest BCUT2D eigenvalue weighted by Crippen LogP contribution is -2.34. The summed E-state index contributed by atoms with van der Waals surface area (Å²) in [5, 5.41) is 3.56. The van der Waals surface area contributed by atoms with Gasteiger partial charge in [0.15, 0.2) is 11.0 Å². The van der Waals surface area contributed by atoms with E-state index in [9.17, 15) is 0 Å². The monoisotopic (exact) mass is 339 g/mol. The van der Waals surface area contributed by atoms with Gasteiger partial charge in [-0.2, -0.15) is 0 Å². The van der Waals surface area contributed by atoms with E-state index in [1.54, 1.807) is 0 Å². The Bertz CT molecular complexity index is 509. The molecule has 0 bridgehead atoms. The Balaban J connectivity index is 1.48. The van der Waals surface area contributed by atoms with Crippen molar-refractivity contribution in [2.75, 3.05) is 56.6 Å². The van der Waals surface area contributed by atoms with E-state index >= 15 is 0 Å². The number of piperidine rings is 1. The number of hydrogen-bond donors (Lipinski definition) is 1. The molecule has 3 heterocycles. The summed E-state index contributed by atoms with van der Waals surface area (Å²) in [6.07, 6.45) is 6.87. The van der Waals surface area contributed by atoms with Gasteiger partial charge >= 0.3 is 0 Å². The third-order valence-electron chi connectivity index (χ3n) is 4.69. The fraction of sp³-hybridized carbons (Fsp3) is 0.750. The topological polar surface area (TPSA) is 53.5 Å². The number of halogens is 1. The highest BCUT2D eigenvalue weighted by molar-refractivity contribution is 6.32. The van der Waals surface area contributed by atoms with E-state index in [0.29, 0.717) is 5.15 Å². The highest BCUT2D eigenvalue weighted by atomic mass is 35.5. The number of likely N-dealkylation sites (tertiary alicyclic amines) is 1. The standard InChI is InChI=1S/C16H26ClN5O/c1-18-14-15(17)19-12-20-16(14)22-8-5-13(11-22)23-10-9-21-6-3-2-4-7-21/h12-13,18H,2-11H2,1H3. The highest BCUT2D eigenvalue weighted by Gasteiger charge is 2.26. The zero-order valence-electron chi connectivity index (χ0n) is 13.8. The van der Waals surface area contributed by atoms with Crippen molar-refractivity contribution in [3.8, 4) is 0 Å². The van der Waals surface area contributed by atoms with Crippen molar-refractivity contribution < 1.29 is 4.74 Å². The minimum atomic E-state index is 0.276. The van der Waals surface area contributed by atoms with Crippen LogP contribution in [0.4, 0.5) is 11.5 Å². The van der Waals surface area contributed by atoms with Gasteiger partial charge in [-0.25, -0.2) is 9.97 Å². The first kappa shape index (κ1) is 16.7. The summed E-state index contributed by atoms with van der Waals surface area (Å²) in [6.45, 7) is 6.13. The SMILES string of the molecule is CNc1c(Cl)ncnc1N1CCC(OCCN2CCCCC2)C1. The average molecular weight is 340 g/mol. The molecule has 7 heteroatoms. The molecule has 0 amide bonds. The van der Waals surface area contributed by atoms with E-state index in [4.69, 9.17) is 16.3 Å². The maximum atomic E-state index is 6.14. The summed E-state index contributed by atoms with van der Waals surface area (Å²) in [7, 11) is 1.84. The summed E-state index contributed by atoms with van der Waals surface area (Å²) >= 11 is 6.14. The normalized spacial score (nSPS) is 22.5. The summed E-state index contributed by atoms with van der Waals surface area (Å²) < 4.78 is 6.08. The number of rotatable bonds is 6. The van der Waals surface area contributed by atoms with Crippen molar-refractivity contribution in [1.29, 1.82) is 0 Å². The van der Waals surface area contributed by atoms with E-state index in [-0.39, 0.29) is 6.10 Å². The Hall–Kier alpha value is -1.11. The van der Waals surface area contributed by atoms with Gasteiger partial charge in [0.05, 0.1) is 12.7 Å². The van der Waals surface area contributed by atoms with Gasteiger partial charge in [-0.1, -0.05) is 18.0 Å². The van der Waals surface area contributed by atoms with Crippen LogP contribution in [0.3, 0.4) is 0 Å². The Morgan fingerprint density at radius 2 is 2.09 bits per heavy atom. The van der Waals surface area contributed by atoms with Gasteiger partial charge in [0, 0.05) is 26.7 Å². The van der Waals surface area contributed by atoms with Crippen LogP contribution in [0.5, 0.6) is 0 Å². The van der Waals surface area contributed by atoms with Crippen LogP contribution in [0, 0.1) is 0 Å².